The van der Waals surface area contributed by atoms with Gasteiger partial charge in [-0.3, -0.25) is 0 Å². The average Bonchev–Trinajstić information content (AvgIpc) is 2.27. The Bertz CT molecular complexity index is 392. The first kappa shape index (κ1) is 6.89. The Kier molecular flexibility index (Phi) is 1.48. The third-order valence-electron chi connectivity index (χ3n) is 1.56. The third kappa shape index (κ3) is 1.17. The van der Waals surface area contributed by atoms with Crippen molar-refractivity contribution in [1.29, 1.82) is 0 Å². The van der Waals surface area contributed by atoms with Gasteiger partial charge < -0.3 is 0 Å². The van der Waals surface area contributed by atoms with Crippen LogP contribution >= 0.6 is 0 Å². The second kappa shape index (κ2) is 2.36. The van der Waals surface area contributed by atoms with Crippen LogP contribution in [-0.2, 0) is 0 Å². The first-order chi connectivity index (χ1) is 5.25. The molecule has 3 heteroatoms. The summed E-state index contributed by atoms with van der Waals surface area (Å²) in [5.74, 6) is 0. The van der Waals surface area contributed by atoms with Crippen molar-refractivity contribution in [1.82, 2.24) is 4.98 Å². The number of nitrogens with zero attached hydrogens (tertiary/aromatic N) is 1. The number of aromatic nitrogens is 1. The number of benzene rings is 1. The topological polar surface area (TPSA) is 38.9 Å². The number of fused-ring (bicyclic) bond motifs is 1. The van der Waals surface area contributed by atoms with Gasteiger partial charge in [-0.15, -0.1) is 0 Å². The van der Waals surface area contributed by atoms with Crippen molar-refractivity contribution in [2.75, 3.05) is 5.73 Å². The fourth-order valence-corrected chi connectivity index (χ4v) is 2.80. The van der Waals surface area contributed by atoms with E-state index in [0.29, 0.717) is 0 Å². The number of anilines is 1. The molecule has 0 atom stereocenters. The molecule has 2 nitrogen and oxygen atoms in total. The fourth-order valence-electron chi connectivity index (χ4n) is 1.05. The molecule has 0 radical (unpaired) electrons. The Balaban J connectivity index is 2.82. The molecule has 0 amide bonds. The number of rotatable bonds is 0. The molecule has 0 aliphatic heterocycles. The minimum absolute atomic E-state index is 0.279. The number of nitrogens with two attached hydrogens (primary N) is 1. The summed E-state index contributed by atoms with van der Waals surface area (Å²) in [5, 5.41) is 0. The van der Waals surface area contributed by atoms with E-state index in [1.165, 1.54) is 9.82 Å². The first-order valence-electron chi connectivity index (χ1n) is 3.38. The summed E-state index contributed by atoms with van der Waals surface area (Å²) in [7, 11) is 0. The Morgan fingerprint density at radius 3 is 3.09 bits per heavy atom. The van der Waals surface area contributed by atoms with Gasteiger partial charge >= 0.3 is 70.4 Å². The zero-order chi connectivity index (χ0) is 7.84. The maximum atomic E-state index is 5.61. The summed E-state index contributed by atoms with van der Waals surface area (Å²) in [5.41, 5.74) is 7.96. The molecule has 0 fully saturated rings. The molecule has 2 N–H and O–H groups in total. The van der Waals surface area contributed by atoms with Crippen molar-refractivity contribution in [3.63, 3.8) is 0 Å². The van der Waals surface area contributed by atoms with Gasteiger partial charge in [0.1, 0.15) is 0 Å². The molecule has 11 heavy (non-hydrogen) atoms. The van der Waals surface area contributed by atoms with Crippen LogP contribution in [0.15, 0.2) is 18.2 Å². The summed E-state index contributed by atoms with van der Waals surface area (Å²) in [4.78, 5) is 4.22. The molecule has 0 saturated carbocycles. The first-order valence-corrected chi connectivity index (χ1v) is 5.10. The third-order valence-corrected chi connectivity index (χ3v) is 3.34. The van der Waals surface area contributed by atoms with Crippen molar-refractivity contribution in [2.45, 2.75) is 6.92 Å². The summed E-state index contributed by atoms with van der Waals surface area (Å²) in [6.07, 6.45) is 0. The predicted molar refractivity (Wildman–Crippen MR) is 47.8 cm³/mol. The van der Waals surface area contributed by atoms with Crippen LogP contribution in [0.3, 0.4) is 0 Å². The zero-order valence-corrected chi connectivity index (χ0v) is 7.88. The molecule has 2 rings (SSSR count). The maximum absolute atomic E-state index is 5.61. The number of aryl methyl sites for hydroxylation is 1. The number of hydrogen-bond acceptors (Lipinski definition) is 2. The van der Waals surface area contributed by atoms with E-state index >= 15 is 0 Å². The van der Waals surface area contributed by atoms with Gasteiger partial charge in [-0.25, -0.2) is 0 Å². The predicted octanol–water partition coefficient (Wildman–Crippen LogP) is 1.18. The molecule has 2 aromatic rings. The van der Waals surface area contributed by atoms with Gasteiger partial charge in [-0.05, 0) is 0 Å². The molecule has 0 aliphatic carbocycles. The average molecular weight is 211 g/mol. The Hall–Kier alpha value is -0.791. The van der Waals surface area contributed by atoms with Gasteiger partial charge in [0.05, 0.1) is 0 Å². The van der Waals surface area contributed by atoms with Gasteiger partial charge in [0.2, 0.25) is 0 Å². The van der Waals surface area contributed by atoms with E-state index in [0.717, 1.165) is 10.2 Å². The molecule has 0 spiro atoms. The van der Waals surface area contributed by atoms with Crippen molar-refractivity contribution < 1.29 is 0 Å². The summed E-state index contributed by atoms with van der Waals surface area (Å²) in [6, 6.07) is 6.27. The van der Waals surface area contributed by atoms with Gasteiger partial charge in [-0.1, -0.05) is 0 Å². The standard InChI is InChI=1S/C8H8N2Se/c1-5-2-3-6-7(4-5)11-8(9)10-6/h2-4H,1H3,(H2,9,10). The van der Waals surface area contributed by atoms with Crippen LogP contribution in [-0.4, -0.2) is 19.5 Å². The fraction of sp³-hybridized carbons (Fsp3) is 0.125. The molecule has 0 aliphatic rings. The normalized spacial score (nSPS) is 10.6. The quantitative estimate of drug-likeness (QED) is 0.664. The van der Waals surface area contributed by atoms with E-state index in [2.05, 4.69) is 24.0 Å². The molecular formula is C8H8N2Se. The molecule has 1 aromatic heterocycles. The van der Waals surface area contributed by atoms with Gasteiger partial charge in [-0.2, -0.15) is 0 Å². The van der Waals surface area contributed by atoms with E-state index in [9.17, 15) is 0 Å². The van der Waals surface area contributed by atoms with Crippen LogP contribution in [0.25, 0.3) is 9.78 Å². The monoisotopic (exact) mass is 212 g/mol. The summed E-state index contributed by atoms with van der Waals surface area (Å²) < 4.78 is 2.10. The van der Waals surface area contributed by atoms with Crippen LogP contribution in [0.2, 0.25) is 0 Å². The molecule has 0 unspecified atom stereocenters. The van der Waals surface area contributed by atoms with Crippen molar-refractivity contribution in [3.8, 4) is 0 Å². The molecule has 0 bridgehead atoms. The van der Waals surface area contributed by atoms with Crippen molar-refractivity contribution in [3.05, 3.63) is 23.8 Å². The zero-order valence-electron chi connectivity index (χ0n) is 6.16. The van der Waals surface area contributed by atoms with Crippen LogP contribution in [0.1, 0.15) is 5.56 Å². The summed E-state index contributed by atoms with van der Waals surface area (Å²) in [6.45, 7) is 2.09. The van der Waals surface area contributed by atoms with Crippen molar-refractivity contribution >= 4 is 29.0 Å². The SMILES string of the molecule is Cc1ccc2nc(N)[se]c2c1. The number of nitrogen functional groups attached to an aromatic ring is 1. The van der Waals surface area contributed by atoms with Crippen LogP contribution in [0.5, 0.6) is 0 Å². The minimum atomic E-state index is 0.279. The van der Waals surface area contributed by atoms with E-state index in [4.69, 9.17) is 5.73 Å². The van der Waals surface area contributed by atoms with E-state index in [1.807, 2.05) is 6.07 Å². The van der Waals surface area contributed by atoms with Crippen LogP contribution in [0.4, 0.5) is 4.69 Å². The van der Waals surface area contributed by atoms with E-state index in [-0.39, 0.29) is 14.5 Å². The molecular weight excluding hydrogens is 203 g/mol. The van der Waals surface area contributed by atoms with Crippen molar-refractivity contribution in [2.24, 2.45) is 0 Å². The van der Waals surface area contributed by atoms with Gasteiger partial charge in [0.25, 0.3) is 0 Å². The molecule has 0 saturated heterocycles. The number of hydrogen-bond donors (Lipinski definition) is 1. The van der Waals surface area contributed by atoms with Gasteiger partial charge in [0.15, 0.2) is 0 Å². The van der Waals surface area contributed by atoms with Gasteiger partial charge in [0, 0.05) is 0 Å². The molecule has 1 aromatic carbocycles. The Morgan fingerprint density at radius 1 is 1.45 bits per heavy atom. The second-order valence-electron chi connectivity index (χ2n) is 2.52. The molecule has 56 valence electrons. The summed E-state index contributed by atoms with van der Waals surface area (Å²) >= 11 is 0.279. The molecule has 1 heterocycles. The van der Waals surface area contributed by atoms with E-state index < -0.39 is 0 Å². The second-order valence-corrected chi connectivity index (χ2v) is 4.75. The Morgan fingerprint density at radius 2 is 2.27 bits per heavy atom. The Labute approximate surface area is 70.8 Å². The van der Waals surface area contributed by atoms with E-state index in [1.54, 1.807) is 0 Å². The van der Waals surface area contributed by atoms with Crippen LogP contribution in [0, 0.1) is 6.92 Å². The van der Waals surface area contributed by atoms with Crippen LogP contribution < -0.4 is 5.73 Å².